The van der Waals surface area contributed by atoms with E-state index in [2.05, 4.69) is 25.5 Å². The number of rotatable bonds is 3. The molecule has 0 bridgehead atoms. The van der Waals surface area contributed by atoms with E-state index in [0.29, 0.717) is 6.54 Å². The third-order valence-corrected chi connectivity index (χ3v) is 4.37. The number of nitrogens with zero attached hydrogens (tertiary/aromatic N) is 2. The first kappa shape index (κ1) is 13.6. The van der Waals surface area contributed by atoms with Gasteiger partial charge in [0.1, 0.15) is 5.82 Å². The molecule has 1 aromatic carbocycles. The van der Waals surface area contributed by atoms with E-state index >= 15 is 0 Å². The Labute approximate surface area is 127 Å². The largest absolute Gasteiger partial charge is 0.324 e. The van der Waals surface area contributed by atoms with Gasteiger partial charge >= 0.3 is 0 Å². The first-order valence-corrected chi connectivity index (χ1v) is 7.78. The summed E-state index contributed by atoms with van der Waals surface area (Å²) in [7, 11) is 0. The summed E-state index contributed by atoms with van der Waals surface area (Å²) in [6.07, 6.45) is 4.50. The Bertz CT molecular complexity index is 660. The molecular formula is C16H17BrN2O. The van der Waals surface area contributed by atoms with E-state index in [1.54, 1.807) is 0 Å². The van der Waals surface area contributed by atoms with Crippen LogP contribution >= 0.6 is 15.9 Å². The standard InChI is InChI=1S/C16H17BrN2O/c1-11-18-14-7-2-3-8-15(14)19(11)10-16(20)12-5-4-6-13(17)9-12/h4-6,9H,2-3,7-8,10H2,1H3. The van der Waals surface area contributed by atoms with Crippen molar-refractivity contribution >= 4 is 21.7 Å². The van der Waals surface area contributed by atoms with Gasteiger partial charge in [-0.2, -0.15) is 0 Å². The second-order valence-electron chi connectivity index (χ2n) is 5.28. The van der Waals surface area contributed by atoms with Gasteiger partial charge in [0.05, 0.1) is 12.2 Å². The van der Waals surface area contributed by atoms with Gasteiger partial charge in [0.2, 0.25) is 0 Å². The third kappa shape index (κ3) is 2.57. The van der Waals surface area contributed by atoms with Gasteiger partial charge in [0, 0.05) is 15.7 Å². The van der Waals surface area contributed by atoms with E-state index in [1.807, 2.05) is 31.2 Å². The fraction of sp³-hybridized carbons (Fsp3) is 0.375. The highest BCUT2D eigenvalue weighted by Gasteiger charge is 2.19. The molecule has 0 radical (unpaired) electrons. The van der Waals surface area contributed by atoms with Crippen molar-refractivity contribution in [2.45, 2.75) is 39.2 Å². The molecule has 104 valence electrons. The van der Waals surface area contributed by atoms with Crippen LogP contribution in [0.3, 0.4) is 0 Å². The molecule has 3 rings (SSSR count). The number of hydrogen-bond donors (Lipinski definition) is 0. The fourth-order valence-electron chi connectivity index (χ4n) is 2.84. The van der Waals surface area contributed by atoms with Crippen LogP contribution in [0.1, 0.15) is 40.4 Å². The van der Waals surface area contributed by atoms with E-state index in [0.717, 1.165) is 28.7 Å². The Morgan fingerprint density at radius 1 is 1.35 bits per heavy atom. The lowest BCUT2D eigenvalue weighted by atomic mass is 10.0. The molecule has 0 saturated heterocycles. The second kappa shape index (κ2) is 5.52. The van der Waals surface area contributed by atoms with Crippen molar-refractivity contribution < 1.29 is 4.79 Å². The van der Waals surface area contributed by atoms with E-state index in [4.69, 9.17) is 0 Å². The Hall–Kier alpha value is -1.42. The average molecular weight is 333 g/mol. The van der Waals surface area contributed by atoms with Crippen LogP contribution in [0.5, 0.6) is 0 Å². The SMILES string of the molecule is Cc1nc2c(n1CC(=O)c1cccc(Br)c1)CCCC2. The van der Waals surface area contributed by atoms with Gasteiger partial charge in [-0.15, -0.1) is 0 Å². The topological polar surface area (TPSA) is 34.9 Å². The number of carbonyl (C=O) groups excluding carboxylic acids is 1. The van der Waals surface area contributed by atoms with E-state index in [-0.39, 0.29) is 5.78 Å². The van der Waals surface area contributed by atoms with Crippen LogP contribution in [-0.4, -0.2) is 15.3 Å². The predicted octanol–water partition coefficient (Wildman–Crippen LogP) is 3.72. The lowest BCUT2D eigenvalue weighted by Gasteiger charge is -2.14. The van der Waals surface area contributed by atoms with Crippen LogP contribution in [0.15, 0.2) is 28.7 Å². The Balaban J connectivity index is 1.88. The summed E-state index contributed by atoms with van der Waals surface area (Å²) in [5.41, 5.74) is 3.20. The molecule has 3 nitrogen and oxygen atoms in total. The van der Waals surface area contributed by atoms with Crippen molar-refractivity contribution in [2.75, 3.05) is 0 Å². The molecule has 1 aromatic heterocycles. The van der Waals surface area contributed by atoms with E-state index < -0.39 is 0 Å². The normalized spacial score (nSPS) is 14.1. The number of aromatic nitrogens is 2. The van der Waals surface area contributed by atoms with Crippen LogP contribution in [0.4, 0.5) is 0 Å². The van der Waals surface area contributed by atoms with Crippen LogP contribution in [-0.2, 0) is 19.4 Å². The molecule has 0 unspecified atom stereocenters. The number of fused-ring (bicyclic) bond motifs is 1. The fourth-order valence-corrected chi connectivity index (χ4v) is 3.24. The Kier molecular flexibility index (Phi) is 3.74. The molecule has 1 aliphatic rings. The van der Waals surface area contributed by atoms with Crippen molar-refractivity contribution in [2.24, 2.45) is 0 Å². The predicted molar refractivity (Wildman–Crippen MR) is 82.1 cm³/mol. The number of hydrogen-bond acceptors (Lipinski definition) is 2. The minimum absolute atomic E-state index is 0.139. The summed E-state index contributed by atoms with van der Waals surface area (Å²) < 4.78 is 3.03. The van der Waals surface area contributed by atoms with Crippen molar-refractivity contribution in [3.05, 3.63) is 51.5 Å². The minimum Gasteiger partial charge on any atom is -0.324 e. The smallest absolute Gasteiger partial charge is 0.182 e. The Morgan fingerprint density at radius 3 is 2.95 bits per heavy atom. The number of aryl methyl sites for hydroxylation is 2. The van der Waals surface area contributed by atoms with Gasteiger partial charge < -0.3 is 4.57 Å². The molecule has 0 saturated carbocycles. The van der Waals surface area contributed by atoms with Crippen molar-refractivity contribution in [3.8, 4) is 0 Å². The lowest BCUT2D eigenvalue weighted by molar-refractivity contribution is 0.0970. The van der Waals surface area contributed by atoms with Gasteiger partial charge in [0.25, 0.3) is 0 Å². The van der Waals surface area contributed by atoms with Gasteiger partial charge in [-0.25, -0.2) is 4.98 Å². The van der Waals surface area contributed by atoms with Crippen molar-refractivity contribution in [1.29, 1.82) is 0 Å². The molecule has 0 atom stereocenters. The lowest BCUT2D eigenvalue weighted by Crippen LogP contribution is -2.16. The number of Topliss-reactive ketones (excluding diaryl/α,β-unsaturated/α-hetero) is 1. The third-order valence-electron chi connectivity index (χ3n) is 3.87. The van der Waals surface area contributed by atoms with Crippen LogP contribution in [0.25, 0.3) is 0 Å². The molecule has 2 aromatic rings. The zero-order valence-corrected chi connectivity index (χ0v) is 13.1. The molecule has 0 fully saturated rings. The summed E-state index contributed by atoms with van der Waals surface area (Å²) in [4.78, 5) is 17.0. The zero-order valence-electron chi connectivity index (χ0n) is 11.5. The molecule has 1 heterocycles. The monoisotopic (exact) mass is 332 g/mol. The van der Waals surface area contributed by atoms with Crippen LogP contribution in [0, 0.1) is 6.92 Å². The number of ketones is 1. The van der Waals surface area contributed by atoms with Gasteiger partial charge in [0.15, 0.2) is 5.78 Å². The van der Waals surface area contributed by atoms with Crippen molar-refractivity contribution in [3.63, 3.8) is 0 Å². The average Bonchev–Trinajstić information content (AvgIpc) is 2.75. The maximum Gasteiger partial charge on any atom is 0.182 e. The molecule has 4 heteroatoms. The highest BCUT2D eigenvalue weighted by atomic mass is 79.9. The maximum absolute atomic E-state index is 12.4. The second-order valence-corrected chi connectivity index (χ2v) is 6.19. The number of imidazole rings is 1. The summed E-state index contributed by atoms with van der Waals surface area (Å²) in [5.74, 6) is 1.10. The highest BCUT2D eigenvalue weighted by molar-refractivity contribution is 9.10. The zero-order chi connectivity index (χ0) is 14.1. The van der Waals surface area contributed by atoms with Gasteiger partial charge in [-0.3, -0.25) is 4.79 Å². The summed E-state index contributed by atoms with van der Waals surface area (Å²) in [5, 5.41) is 0. The quantitative estimate of drug-likeness (QED) is 0.803. The summed E-state index contributed by atoms with van der Waals surface area (Å²) in [6, 6.07) is 7.57. The molecule has 0 aliphatic heterocycles. The number of benzene rings is 1. The number of carbonyl (C=O) groups is 1. The summed E-state index contributed by atoms with van der Waals surface area (Å²) in [6.45, 7) is 2.39. The molecular weight excluding hydrogens is 316 g/mol. The molecule has 20 heavy (non-hydrogen) atoms. The molecule has 0 N–H and O–H groups in total. The first-order valence-electron chi connectivity index (χ1n) is 6.99. The highest BCUT2D eigenvalue weighted by Crippen LogP contribution is 2.22. The molecule has 0 spiro atoms. The summed E-state index contributed by atoms with van der Waals surface area (Å²) >= 11 is 3.41. The van der Waals surface area contributed by atoms with Gasteiger partial charge in [-0.1, -0.05) is 28.1 Å². The van der Waals surface area contributed by atoms with E-state index in [1.165, 1.54) is 24.2 Å². The number of halogens is 1. The van der Waals surface area contributed by atoms with Crippen molar-refractivity contribution in [1.82, 2.24) is 9.55 Å². The minimum atomic E-state index is 0.139. The van der Waals surface area contributed by atoms with E-state index in [9.17, 15) is 4.79 Å². The first-order chi connectivity index (χ1) is 9.65. The molecule has 1 aliphatic carbocycles. The van der Waals surface area contributed by atoms with Crippen LogP contribution < -0.4 is 0 Å². The maximum atomic E-state index is 12.4. The Morgan fingerprint density at radius 2 is 2.15 bits per heavy atom. The van der Waals surface area contributed by atoms with Crippen LogP contribution in [0.2, 0.25) is 0 Å². The molecule has 0 amide bonds. The van der Waals surface area contributed by atoms with Gasteiger partial charge in [-0.05, 0) is 44.7 Å².